The molecule has 0 saturated carbocycles. The monoisotopic (exact) mass is 387 g/mol. The molecule has 1 heterocycles. The number of aliphatic hydroxyl groups excluding tert-OH is 1. The highest BCUT2D eigenvalue weighted by atomic mass is 19.1. The van der Waals surface area contributed by atoms with Gasteiger partial charge >= 0.3 is 5.97 Å². The molecule has 6 nitrogen and oxygen atoms in total. The second-order valence-corrected chi connectivity index (χ2v) is 5.96. The van der Waals surface area contributed by atoms with E-state index in [1.807, 2.05) is 0 Å². The van der Waals surface area contributed by atoms with Gasteiger partial charge in [-0.05, 0) is 30.3 Å². The van der Waals surface area contributed by atoms with Crippen LogP contribution in [-0.2, 0) is 16.1 Å². The number of carbonyl (C=O) groups excluding carboxylic acids is 1. The van der Waals surface area contributed by atoms with Crippen LogP contribution in [0, 0.1) is 11.6 Å². The summed E-state index contributed by atoms with van der Waals surface area (Å²) in [5, 5.41) is 19.4. The van der Waals surface area contributed by atoms with Crippen molar-refractivity contribution in [3.63, 3.8) is 0 Å². The third kappa shape index (κ3) is 3.57. The number of aromatic nitrogens is 1. The number of methoxy groups -OCH3 is 1. The van der Waals surface area contributed by atoms with Gasteiger partial charge in [0, 0.05) is 23.4 Å². The van der Waals surface area contributed by atoms with Gasteiger partial charge in [0.15, 0.2) is 0 Å². The molecule has 0 fully saturated rings. The Morgan fingerprint density at radius 3 is 2.61 bits per heavy atom. The number of halogens is 2. The zero-order chi connectivity index (χ0) is 20.4. The van der Waals surface area contributed by atoms with Crippen molar-refractivity contribution in [3.05, 3.63) is 71.4 Å². The van der Waals surface area contributed by atoms with Crippen molar-refractivity contribution in [2.24, 2.45) is 0 Å². The lowest BCUT2D eigenvalue weighted by molar-refractivity contribution is -0.146. The first-order valence-corrected chi connectivity index (χ1v) is 8.10. The largest absolute Gasteiger partial charge is 0.507 e. The predicted octanol–water partition coefficient (Wildman–Crippen LogP) is 3.53. The Kier molecular flexibility index (Phi) is 5.12. The molecule has 0 radical (unpaired) electrons. The van der Waals surface area contributed by atoms with Crippen molar-refractivity contribution >= 4 is 28.4 Å². The number of hydrogen-bond donors (Lipinski definition) is 2. The second-order valence-electron chi connectivity index (χ2n) is 5.96. The number of carboxylic acids is 1. The Morgan fingerprint density at radius 2 is 1.93 bits per heavy atom. The molecule has 0 aliphatic carbocycles. The van der Waals surface area contributed by atoms with Crippen LogP contribution in [0.2, 0.25) is 0 Å². The lowest BCUT2D eigenvalue weighted by Crippen LogP contribution is -2.09. The molecular weight excluding hydrogens is 372 g/mol. The third-order valence-corrected chi connectivity index (χ3v) is 4.19. The molecule has 0 aliphatic rings. The Balaban J connectivity index is 2.19. The minimum Gasteiger partial charge on any atom is -0.507 e. The lowest BCUT2D eigenvalue weighted by atomic mass is 10.1. The Hall–Kier alpha value is -3.68. The van der Waals surface area contributed by atoms with Gasteiger partial charge in [-0.25, -0.2) is 13.6 Å². The van der Waals surface area contributed by atoms with Gasteiger partial charge in [-0.1, -0.05) is 6.07 Å². The number of benzene rings is 2. The maximum absolute atomic E-state index is 14.1. The van der Waals surface area contributed by atoms with Gasteiger partial charge in [-0.15, -0.1) is 0 Å². The zero-order valence-corrected chi connectivity index (χ0v) is 14.6. The van der Waals surface area contributed by atoms with Crippen LogP contribution in [0.3, 0.4) is 0 Å². The summed E-state index contributed by atoms with van der Waals surface area (Å²) in [6, 6.07) is 8.04. The lowest BCUT2D eigenvalue weighted by Gasteiger charge is -2.08. The van der Waals surface area contributed by atoms with E-state index in [4.69, 9.17) is 9.84 Å². The van der Waals surface area contributed by atoms with Crippen molar-refractivity contribution in [1.82, 2.24) is 4.57 Å². The minimum absolute atomic E-state index is 0.0621. The fraction of sp³-hybridized carbons (Fsp3) is 0.100. The fourth-order valence-electron chi connectivity index (χ4n) is 2.93. The van der Waals surface area contributed by atoms with Crippen LogP contribution < -0.4 is 4.74 Å². The van der Waals surface area contributed by atoms with Crippen LogP contribution in [0.15, 0.2) is 48.7 Å². The molecule has 3 rings (SSSR count). The van der Waals surface area contributed by atoms with E-state index in [1.165, 1.54) is 13.3 Å². The van der Waals surface area contributed by atoms with E-state index in [2.05, 4.69) is 0 Å². The number of nitrogens with zero attached hydrogens (tertiary/aromatic N) is 1. The van der Waals surface area contributed by atoms with E-state index in [1.54, 1.807) is 22.8 Å². The smallest absolute Gasteiger partial charge is 0.376 e. The van der Waals surface area contributed by atoms with E-state index in [0.717, 1.165) is 18.2 Å². The van der Waals surface area contributed by atoms with E-state index >= 15 is 0 Å². The maximum atomic E-state index is 14.1. The van der Waals surface area contributed by atoms with Gasteiger partial charge in [-0.2, -0.15) is 0 Å². The first-order valence-electron chi connectivity index (χ1n) is 8.10. The molecule has 144 valence electrons. The van der Waals surface area contributed by atoms with Gasteiger partial charge in [0.05, 0.1) is 24.6 Å². The van der Waals surface area contributed by atoms with Gasteiger partial charge in [0.25, 0.3) is 5.78 Å². The molecule has 1 aromatic heterocycles. The van der Waals surface area contributed by atoms with Crippen molar-refractivity contribution in [2.75, 3.05) is 7.11 Å². The molecule has 0 unspecified atom stereocenters. The van der Waals surface area contributed by atoms with Gasteiger partial charge in [0.2, 0.25) is 0 Å². The number of hydrogen-bond acceptors (Lipinski definition) is 4. The number of carbonyl (C=O) groups is 2. The summed E-state index contributed by atoms with van der Waals surface area (Å²) in [6.45, 7) is -0.0621. The summed E-state index contributed by atoms with van der Waals surface area (Å²) < 4.78 is 34.4. The van der Waals surface area contributed by atoms with Crippen LogP contribution in [0.1, 0.15) is 11.1 Å². The number of ketones is 1. The van der Waals surface area contributed by atoms with Gasteiger partial charge in [-0.3, -0.25) is 4.79 Å². The highest BCUT2D eigenvalue weighted by Gasteiger charge is 2.19. The van der Waals surface area contributed by atoms with Gasteiger partial charge < -0.3 is 19.5 Å². The van der Waals surface area contributed by atoms with E-state index < -0.39 is 29.1 Å². The van der Waals surface area contributed by atoms with E-state index in [0.29, 0.717) is 22.7 Å². The van der Waals surface area contributed by atoms with Crippen LogP contribution >= 0.6 is 0 Å². The number of carboxylic acid groups (broad SMARTS) is 1. The van der Waals surface area contributed by atoms with Crippen molar-refractivity contribution in [3.8, 4) is 5.75 Å². The topological polar surface area (TPSA) is 88.8 Å². The first kappa shape index (κ1) is 19.1. The average molecular weight is 387 g/mol. The number of fused-ring (bicyclic) bond motifs is 1. The van der Waals surface area contributed by atoms with Crippen molar-refractivity contribution in [2.45, 2.75) is 6.54 Å². The second kappa shape index (κ2) is 7.51. The molecule has 2 aromatic carbocycles. The molecular formula is C20H15F2NO5. The van der Waals surface area contributed by atoms with E-state index in [9.17, 15) is 23.5 Å². The summed E-state index contributed by atoms with van der Waals surface area (Å²) in [6.07, 6.45) is 2.00. The first-order chi connectivity index (χ1) is 13.3. The summed E-state index contributed by atoms with van der Waals surface area (Å²) >= 11 is 0. The summed E-state index contributed by atoms with van der Waals surface area (Å²) in [4.78, 5) is 22.2. The Labute approximate surface area is 157 Å². The number of ether oxygens (including phenoxy) is 1. The summed E-state index contributed by atoms with van der Waals surface area (Å²) in [5.74, 6) is -4.45. The SMILES string of the molecule is COc1cccc2c1c(C(O)=CC(=O)C(=O)O)cn2Cc1cc(F)ccc1F. The average Bonchev–Trinajstić information content (AvgIpc) is 3.03. The molecule has 0 amide bonds. The third-order valence-electron chi connectivity index (χ3n) is 4.19. The number of rotatable bonds is 6. The molecule has 0 aliphatic heterocycles. The van der Waals surface area contributed by atoms with Crippen LogP contribution in [-0.4, -0.2) is 33.6 Å². The maximum Gasteiger partial charge on any atom is 0.376 e. The molecule has 3 aromatic rings. The standard InChI is InChI=1S/C20H15F2NO5/c1-28-18-4-2-3-15-19(18)13(16(24)8-17(25)20(26)27)10-23(15)9-11-7-12(21)5-6-14(11)22/h2-8,10,24H,9H2,1H3,(H,26,27). The molecule has 0 atom stereocenters. The molecule has 8 heteroatoms. The normalized spacial score (nSPS) is 11.6. The number of aliphatic carboxylic acids is 1. The molecule has 2 N–H and O–H groups in total. The van der Waals surface area contributed by atoms with Crippen molar-refractivity contribution in [1.29, 1.82) is 0 Å². The van der Waals surface area contributed by atoms with Gasteiger partial charge in [0.1, 0.15) is 23.1 Å². The highest BCUT2D eigenvalue weighted by molar-refractivity contribution is 6.38. The minimum atomic E-state index is -1.72. The summed E-state index contributed by atoms with van der Waals surface area (Å²) in [5.41, 5.74) is 0.718. The quantitative estimate of drug-likeness (QED) is 0.384. The van der Waals surface area contributed by atoms with Crippen LogP contribution in [0.25, 0.3) is 16.7 Å². The molecule has 28 heavy (non-hydrogen) atoms. The molecule has 0 spiro atoms. The van der Waals surface area contributed by atoms with Crippen LogP contribution in [0.4, 0.5) is 8.78 Å². The van der Waals surface area contributed by atoms with Crippen molar-refractivity contribution < 1.29 is 33.3 Å². The zero-order valence-electron chi connectivity index (χ0n) is 14.6. The van der Waals surface area contributed by atoms with E-state index in [-0.39, 0.29) is 17.7 Å². The molecule has 0 bridgehead atoms. The summed E-state index contributed by atoms with van der Waals surface area (Å²) in [7, 11) is 1.41. The Morgan fingerprint density at radius 1 is 1.18 bits per heavy atom. The highest BCUT2D eigenvalue weighted by Crippen LogP contribution is 2.34. The number of aliphatic hydroxyl groups is 1. The van der Waals surface area contributed by atoms with Crippen LogP contribution in [0.5, 0.6) is 5.75 Å². The predicted molar refractivity (Wildman–Crippen MR) is 97.2 cm³/mol. The Bertz CT molecular complexity index is 1120. The molecule has 0 saturated heterocycles. The fourth-order valence-corrected chi connectivity index (χ4v) is 2.93.